The molecule has 0 unspecified atom stereocenters. The first-order valence-corrected chi connectivity index (χ1v) is 16.4. The molecule has 2 amide bonds. The highest BCUT2D eigenvalue weighted by Crippen LogP contribution is 2.30. The summed E-state index contributed by atoms with van der Waals surface area (Å²) in [5.41, 5.74) is 2.85. The number of hydrogen-bond acceptors (Lipinski definition) is 4. The lowest BCUT2D eigenvalue weighted by Gasteiger charge is -2.35. The number of anilines is 1. The zero-order chi connectivity index (χ0) is 30.3. The van der Waals surface area contributed by atoms with Crippen LogP contribution >= 0.6 is 11.6 Å². The molecule has 3 aromatic rings. The zero-order valence-electron chi connectivity index (χ0n) is 24.6. The van der Waals surface area contributed by atoms with E-state index in [9.17, 15) is 18.0 Å². The van der Waals surface area contributed by atoms with Crippen molar-refractivity contribution in [2.45, 2.75) is 82.8 Å². The Morgan fingerprint density at radius 2 is 1.60 bits per heavy atom. The summed E-state index contributed by atoms with van der Waals surface area (Å²) in [4.78, 5) is 29.6. The van der Waals surface area contributed by atoms with Crippen LogP contribution in [0.3, 0.4) is 0 Å². The number of hydrogen-bond donors (Lipinski definition) is 1. The molecule has 1 aliphatic rings. The zero-order valence-corrected chi connectivity index (χ0v) is 26.1. The molecule has 1 aliphatic carbocycles. The highest BCUT2D eigenvalue weighted by atomic mass is 35.5. The van der Waals surface area contributed by atoms with Crippen molar-refractivity contribution in [2.24, 2.45) is 0 Å². The third-order valence-corrected chi connectivity index (χ3v) is 9.99. The van der Waals surface area contributed by atoms with Crippen LogP contribution in [0.25, 0.3) is 0 Å². The smallest absolute Gasteiger partial charge is 0.264 e. The van der Waals surface area contributed by atoms with Gasteiger partial charge in [0.25, 0.3) is 10.0 Å². The lowest BCUT2D eigenvalue weighted by Crippen LogP contribution is -2.54. The molecule has 0 saturated heterocycles. The number of aryl methyl sites for hydroxylation is 2. The molecule has 0 aromatic heterocycles. The third-order valence-electron chi connectivity index (χ3n) is 7.98. The van der Waals surface area contributed by atoms with Gasteiger partial charge in [0.2, 0.25) is 11.8 Å². The van der Waals surface area contributed by atoms with E-state index >= 15 is 0 Å². The fourth-order valence-corrected chi connectivity index (χ4v) is 7.29. The Morgan fingerprint density at radius 1 is 0.929 bits per heavy atom. The molecule has 0 bridgehead atoms. The summed E-state index contributed by atoms with van der Waals surface area (Å²) in [6, 6.07) is 20.0. The van der Waals surface area contributed by atoms with Gasteiger partial charge in [-0.3, -0.25) is 13.9 Å². The Bertz CT molecular complexity index is 1490. The molecule has 1 N–H and O–H groups in total. The molecule has 224 valence electrons. The van der Waals surface area contributed by atoms with Gasteiger partial charge in [-0.05, 0) is 80.1 Å². The molecule has 0 spiro atoms. The fraction of sp³-hybridized carbons (Fsp3) is 0.394. The highest BCUT2D eigenvalue weighted by Gasteiger charge is 2.35. The molecule has 0 heterocycles. The Labute approximate surface area is 254 Å². The van der Waals surface area contributed by atoms with Crippen LogP contribution in [0.4, 0.5) is 5.69 Å². The van der Waals surface area contributed by atoms with Gasteiger partial charge < -0.3 is 10.2 Å². The standard InChI is InChI=1S/C33H40ClN3O4S/c1-4-30(33(39)35-28-15-7-5-8-16-28)36(22-26-14-12-11-13-24(26)2)32(38)23-37(31-20-19-27(34)21-25(31)3)42(40,41)29-17-9-6-10-18-29/h6,9-14,17-21,28,30H,4-5,7-8,15-16,22-23H2,1-3H3,(H,35,39)/t30-/m0/s1. The maximum absolute atomic E-state index is 14.3. The summed E-state index contributed by atoms with van der Waals surface area (Å²) < 4.78 is 29.2. The second kappa shape index (κ2) is 14.2. The quantitative estimate of drug-likeness (QED) is 0.272. The average molecular weight is 610 g/mol. The van der Waals surface area contributed by atoms with Gasteiger partial charge in [-0.2, -0.15) is 0 Å². The monoisotopic (exact) mass is 609 g/mol. The summed E-state index contributed by atoms with van der Waals surface area (Å²) in [5.74, 6) is -0.663. The number of rotatable bonds is 11. The first-order chi connectivity index (χ1) is 20.1. The van der Waals surface area contributed by atoms with Crippen molar-refractivity contribution in [2.75, 3.05) is 10.8 Å². The summed E-state index contributed by atoms with van der Waals surface area (Å²) in [7, 11) is -4.13. The van der Waals surface area contributed by atoms with E-state index in [-0.39, 0.29) is 23.4 Å². The number of halogens is 1. The Kier molecular flexibility index (Phi) is 10.7. The molecular weight excluding hydrogens is 570 g/mol. The van der Waals surface area contributed by atoms with Gasteiger partial charge in [0.15, 0.2) is 0 Å². The summed E-state index contributed by atoms with van der Waals surface area (Å²) in [6.07, 6.45) is 5.54. The fourth-order valence-electron chi connectivity index (χ4n) is 5.57. The minimum atomic E-state index is -4.13. The molecule has 9 heteroatoms. The second-order valence-corrected chi connectivity index (χ2v) is 13.3. The SMILES string of the molecule is CC[C@@H](C(=O)NC1CCCCC1)N(Cc1ccccc1C)C(=O)CN(c1ccc(Cl)cc1C)S(=O)(=O)c1ccccc1. The average Bonchev–Trinajstić information content (AvgIpc) is 2.98. The Balaban J connectivity index is 1.73. The normalized spacial score (nSPS) is 14.7. The third kappa shape index (κ3) is 7.53. The molecule has 0 radical (unpaired) electrons. The largest absolute Gasteiger partial charge is 0.352 e. The number of amides is 2. The molecular formula is C33H40ClN3O4S. The van der Waals surface area contributed by atoms with Crippen LogP contribution in [0.15, 0.2) is 77.7 Å². The Hall–Kier alpha value is -3.36. The summed E-state index contributed by atoms with van der Waals surface area (Å²) in [5, 5.41) is 3.65. The van der Waals surface area contributed by atoms with E-state index < -0.39 is 28.5 Å². The van der Waals surface area contributed by atoms with Gasteiger partial charge >= 0.3 is 0 Å². The molecule has 0 aliphatic heterocycles. The molecule has 1 saturated carbocycles. The molecule has 1 atom stereocenters. The van der Waals surface area contributed by atoms with Crippen LogP contribution in [0.2, 0.25) is 5.02 Å². The number of carbonyl (C=O) groups is 2. The first kappa shape index (κ1) is 31.6. The predicted octanol–water partition coefficient (Wildman–Crippen LogP) is 6.41. The molecule has 1 fully saturated rings. The van der Waals surface area contributed by atoms with Crippen LogP contribution in [0.1, 0.15) is 62.1 Å². The highest BCUT2D eigenvalue weighted by molar-refractivity contribution is 7.92. The maximum Gasteiger partial charge on any atom is 0.264 e. The maximum atomic E-state index is 14.3. The molecule has 42 heavy (non-hydrogen) atoms. The van der Waals surface area contributed by atoms with E-state index in [1.807, 2.05) is 38.1 Å². The molecule has 3 aromatic carbocycles. The van der Waals surface area contributed by atoms with Gasteiger partial charge in [0, 0.05) is 17.6 Å². The molecule has 7 nitrogen and oxygen atoms in total. The van der Waals surface area contributed by atoms with Crippen molar-refractivity contribution in [1.29, 1.82) is 0 Å². The van der Waals surface area contributed by atoms with Crippen LogP contribution in [-0.4, -0.2) is 43.8 Å². The van der Waals surface area contributed by atoms with Crippen LogP contribution < -0.4 is 9.62 Å². The van der Waals surface area contributed by atoms with Gasteiger partial charge in [0.05, 0.1) is 10.6 Å². The van der Waals surface area contributed by atoms with E-state index in [1.54, 1.807) is 48.2 Å². The van der Waals surface area contributed by atoms with Crippen molar-refractivity contribution in [1.82, 2.24) is 10.2 Å². The number of carbonyl (C=O) groups excluding carboxylic acids is 2. The minimum absolute atomic E-state index is 0.0692. The lowest BCUT2D eigenvalue weighted by atomic mass is 9.95. The van der Waals surface area contributed by atoms with Gasteiger partial charge in [-0.25, -0.2) is 8.42 Å². The summed E-state index contributed by atoms with van der Waals surface area (Å²) >= 11 is 6.20. The van der Waals surface area contributed by atoms with E-state index in [1.165, 1.54) is 12.1 Å². The van der Waals surface area contributed by atoms with Gasteiger partial charge in [-0.1, -0.05) is 80.3 Å². The predicted molar refractivity (Wildman–Crippen MR) is 168 cm³/mol. The number of sulfonamides is 1. The van der Waals surface area contributed by atoms with Gasteiger partial charge in [0.1, 0.15) is 12.6 Å². The Morgan fingerprint density at radius 3 is 2.24 bits per heavy atom. The number of nitrogens with one attached hydrogen (secondary N) is 1. The van der Waals surface area contributed by atoms with Crippen molar-refractivity contribution in [3.05, 3.63) is 94.5 Å². The van der Waals surface area contributed by atoms with Crippen molar-refractivity contribution in [3.63, 3.8) is 0 Å². The van der Waals surface area contributed by atoms with Crippen LogP contribution in [-0.2, 0) is 26.2 Å². The van der Waals surface area contributed by atoms with Gasteiger partial charge in [-0.15, -0.1) is 0 Å². The number of benzene rings is 3. The summed E-state index contributed by atoms with van der Waals surface area (Å²) in [6.45, 7) is 5.31. The second-order valence-electron chi connectivity index (χ2n) is 11.0. The van der Waals surface area contributed by atoms with E-state index in [0.717, 1.165) is 47.5 Å². The van der Waals surface area contributed by atoms with Crippen molar-refractivity contribution in [3.8, 4) is 0 Å². The minimum Gasteiger partial charge on any atom is -0.352 e. The topological polar surface area (TPSA) is 86.8 Å². The lowest BCUT2D eigenvalue weighted by molar-refractivity contribution is -0.140. The van der Waals surface area contributed by atoms with E-state index in [2.05, 4.69) is 5.32 Å². The van der Waals surface area contributed by atoms with Crippen LogP contribution in [0, 0.1) is 13.8 Å². The van der Waals surface area contributed by atoms with Crippen LogP contribution in [0.5, 0.6) is 0 Å². The molecule has 4 rings (SSSR count). The number of nitrogens with zero attached hydrogens (tertiary/aromatic N) is 2. The van der Waals surface area contributed by atoms with Crippen molar-refractivity contribution < 1.29 is 18.0 Å². The first-order valence-electron chi connectivity index (χ1n) is 14.6. The van der Waals surface area contributed by atoms with E-state index in [0.29, 0.717) is 22.7 Å². The van der Waals surface area contributed by atoms with E-state index in [4.69, 9.17) is 11.6 Å². The van der Waals surface area contributed by atoms with Crippen molar-refractivity contribution >= 4 is 39.1 Å².